The largest absolute Gasteiger partial charge is 0.465 e. The summed E-state index contributed by atoms with van der Waals surface area (Å²) in [6, 6.07) is 1.98. The van der Waals surface area contributed by atoms with Gasteiger partial charge in [-0.05, 0) is 160 Å². The molecule has 5 saturated carbocycles. The predicted octanol–water partition coefficient (Wildman–Crippen LogP) is 6.64. The van der Waals surface area contributed by atoms with Crippen molar-refractivity contribution in [3.05, 3.63) is 47.3 Å². The number of allylic oxidation sites excluding steroid dienone is 3. The molecule has 6 fully saturated rings. The quantitative estimate of drug-likeness (QED) is 0.110. The lowest BCUT2D eigenvalue weighted by molar-refractivity contribution is -0.209. The predicted molar refractivity (Wildman–Crippen MR) is 225 cm³/mol. The third-order valence-corrected chi connectivity index (χ3v) is 19.5. The number of cyclic esters (lactones) is 1. The summed E-state index contributed by atoms with van der Waals surface area (Å²) in [5.74, 6) is 7.14. The Balaban J connectivity index is 1.08. The van der Waals surface area contributed by atoms with Gasteiger partial charge in [0, 0.05) is 47.9 Å². The number of carbonyl (C=O) groups is 2. The molecule has 9 heteroatoms. The number of carbonyl (C=O) groups excluding carboxylic acids is 2. The second-order valence-electron chi connectivity index (χ2n) is 22.5. The number of hydrogen-bond donors (Lipinski definition) is 6. The second kappa shape index (κ2) is 14.7. The number of aromatic nitrogens is 1. The number of hydrogen-bond acceptors (Lipinski definition) is 8. The Morgan fingerprint density at radius 2 is 1.73 bits per heavy atom. The van der Waals surface area contributed by atoms with Crippen LogP contribution in [-0.2, 0) is 14.3 Å². The molecule has 0 amide bonds. The molecule has 9 aliphatic rings. The summed E-state index contributed by atoms with van der Waals surface area (Å²) in [7, 11) is 0. The molecular weight excluding hydrogens is 755 g/mol. The monoisotopic (exact) mass is 824 g/mol. The standard InChI is InChI=1S/C51H69NO8/c1-27-10-11-29-12-13-34-28(2)18-43(56)49(4,58)46-32(8-5-7-30(19-36(34)35(29)17-27)37-26-60-47(57)44(37)33-14-16-52-25-33)23-51(59)39-21-40(53)38-20-41(54)42(55)24-48(38,3)45(39)31-9-6-15-50(46,51)22-31/h12,14,16,21,25,27-28,30-32,34-38,41-46,52,54-56,58-59H,6,8-11,13,15,17-20,22-24,26H2,1-4H3. The highest BCUT2D eigenvalue weighted by atomic mass is 16.5. The zero-order valence-corrected chi connectivity index (χ0v) is 36.2. The summed E-state index contributed by atoms with van der Waals surface area (Å²) in [4.78, 5) is 30.9. The van der Waals surface area contributed by atoms with E-state index >= 15 is 0 Å². The zero-order valence-electron chi connectivity index (χ0n) is 36.2. The highest BCUT2D eigenvalue weighted by Crippen LogP contribution is 2.75. The maximum atomic E-state index is 14.2. The van der Waals surface area contributed by atoms with Crippen molar-refractivity contribution in [2.45, 2.75) is 153 Å². The van der Waals surface area contributed by atoms with Gasteiger partial charge in [-0.3, -0.25) is 9.59 Å². The minimum absolute atomic E-state index is 0.0828. The summed E-state index contributed by atoms with van der Waals surface area (Å²) >= 11 is 0. The molecular formula is C51H69NO8. The first-order chi connectivity index (χ1) is 28.6. The maximum absolute atomic E-state index is 14.2. The number of aliphatic hydroxyl groups is 5. The molecule has 1 aliphatic heterocycles. The first kappa shape index (κ1) is 41.3. The van der Waals surface area contributed by atoms with Crippen LogP contribution in [0.25, 0.3) is 0 Å². The Morgan fingerprint density at radius 1 is 0.917 bits per heavy atom. The molecule has 20 unspecified atom stereocenters. The van der Waals surface area contributed by atoms with E-state index in [4.69, 9.17) is 4.74 Å². The number of fused-ring (bicyclic) bond motifs is 10. The van der Waals surface area contributed by atoms with E-state index in [0.717, 1.165) is 49.7 Å². The number of nitrogens with one attached hydrogen (secondary N) is 1. The topological polar surface area (TPSA) is 160 Å². The minimum Gasteiger partial charge on any atom is -0.465 e. The lowest BCUT2D eigenvalue weighted by Gasteiger charge is -2.66. The fourth-order valence-corrected chi connectivity index (χ4v) is 16.9. The molecule has 2 heterocycles. The van der Waals surface area contributed by atoms with E-state index in [9.17, 15) is 35.1 Å². The number of aromatic amines is 1. The van der Waals surface area contributed by atoms with Gasteiger partial charge in [0.1, 0.15) is 0 Å². The van der Waals surface area contributed by atoms with Crippen LogP contribution in [0, 0.1) is 93.7 Å². The number of ketones is 1. The maximum Gasteiger partial charge on any atom is 0.313 e. The first-order valence-electron chi connectivity index (χ1n) is 23.8. The van der Waals surface area contributed by atoms with Crippen LogP contribution in [0.2, 0.25) is 0 Å². The zero-order chi connectivity index (χ0) is 42.1. The number of esters is 1. The van der Waals surface area contributed by atoms with Gasteiger partial charge < -0.3 is 35.3 Å². The Labute approximate surface area is 356 Å². The highest BCUT2D eigenvalue weighted by Gasteiger charge is 2.75. The Morgan fingerprint density at radius 3 is 2.52 bits per heavy atom. The minimum atomic E-state index is -1.54. The molecule has 0 aromatic carbocycles. The molecule has 9 nitrogen and oxygen atoms in total. The van der Waals surface area contributed by atoms with E-state index in [-0.39, 0.29) is 59.6 Å². The fourth-order valence-electron chi connectivity index (χ4n) is 16.9. The molecule has 1 saturated heterocycles. The van der Waals surface area contributed by atoms with Gasteiger partial charge in [0.05, 0.1) is 42.0 Å². The molecule has 1 aromatic heterocycles. The molecule has 1 aromatic rings. The smallest absolute Gasteiger partial charge is 0.313 e. The van der Waals surface area contributed by atoms with Crippen molar-refractivity contribution < 1.29 is 39.9 Å². The molecule has 20 atom stereocenters. The summed E-state index contributed by atoms with van der Waals surface area (Å²) in [6.07, 6.45) is 15.2. The first-order valence-corrected chi connectivity index (χ1v) is 23.8. The Kier molecular flexibility index (Phi) is 10.1. The Hall–Kier alpha value is -2.74. The van der Waals surface area contributed by atoms with Gasteiger partial charge in [0.25, 0.3) is 0 Å². The molecule has 6 N–H and O–H groups in total. The molecule has 326 valence electrons. The van der Waals surface area contributed by atoms with Gasteiger partial charge in [0.15, 0.2) is 5.78 Å². The van der Waals surface area contributed by atoms with Crippen LogP contribution in [0.1, 0.15) is 129 Å². The van der Waals surface area contributed by atoms with Crippen molar-refractivity contribution in [3.63, 3.8) is 0 Å². The molecule has 2 bridgehead atoms. The van der Waals surface area contributed by atoms with Crippen LogP contribution >= 0.6 is 0 Å². The SMILES string of the molecule is CC1CCC2=CCC3C(C)CC(O)C(C)(O)C4C(CC#CC(C5COC(=O)C5c5cc[nH]c5)CC3C2C1)CC1(O)C2=CC(=O)C3CC(O)C(O)CC3(C)C2C2CCCC41C2. The van der Waals surface area contributed by atoms with Gasteiger partial charge in [-0.15, -0.1) is 5.92 Å². The van der Waals surface area contributed by atoms with Crippen LogP contribution < -0.4 is 0 Å². The molecule has 60 heavy (non-hydrogen) atoms. The van der Waals surface area contributed by atoms with E-state index in [1.807, 2.05) is 25.4 Å². The van der Waals surface area contributed by atoms with E-state index < -0.39 is 58.1 Å². The summed E-state index contributed by atoms with van der Waals surface area (Å²) in [6.45, 7) is 8.89. The third kappa shape index (κ3) is 6.03. The van der Waals surface area contributed by atoms with E-state index in [1.165, 1.54) is 6.42 Å². The van der Waals surface area contributed by atoms with E-state index in [1.54, 1.807) is 11.6 Å². The highest BCUT2D eigenvalue weighted by molar-refractivity contribution is 5.95. The van der Waals surface area contributed by atoms with Crippen molar-refractivity contribution in [2.24, 2.45) is 81.8 Å². The molecule has 0 radical (unpaired) electrons. The lowest BCUT2D eigenvalue weighted by atomic mass is 9.40. The van der Waals surface area contributed by atoms with Crippen molar-refractivity contribution in [3.8, 4) is 11.8 Å². The number of aliphatic hydroxyl groups excluding tert-OH is 3. The Bertz CT molecular complexity index is 1990. The van der Waals surface area contributed by atoms with Crippen molar-refractivity contribution in [2.75, 3.05) is 6.61 Å². The summed E-state index contributed by atoms with van der Waals surface area (Å²) < 4.78 is 5.88. The van der Waals surface area contributed by atoms with Gasteiger partial charge in [-0.1, -0.05) is 44.8 Å². The van der Waals surface area contributed by atoms with Crippen molar-refractivity contribution in [1.82, 2.24) is 4.98 Å². The van der Waals surface area contributed by atoms with Crippen LogP contribution in [0.15, 0.2) is 41.8 Å². The lowest BCUT2D eigenvalue weighted by Crippen LogP contribution is -2.67. The summed E-state index contributed by atoms with van der Waals surface area (Å²) in [5, 5.41) is 61.3. The van der Waals surface area contributed by atoms with Gasteiger partial charge >= 0.3 is 5.97 Å². The van der Waals surface area contributed by atoms with Crippen LogP contribution in [0.3, 0.4) is 0 Å². The number of H-pyrrole nitrogens is 1. The van der Waals surface area contributed by atoms with Crippen molar-refractivity contribution >= 4 is 11.8 Å². The van der Waals surface area contributed by atoms with Crippen LogP contribution in [0.5, 0.6) is 0 Å². The van der Waals surface area contributed by atoms with E-state index in [0.29, 0.717) is 62.9 Å². The normalized spacial score (nSPS) is 52.4. The fraction of sp³-hybridized carbons (Fsp3) is 0.765. The van der Waals surface area contributed by atoms with Crippen molar-refractivity contribution in [1.29, 1.82) is 0 Å². The van der Waals surface area contributed by atoms with Gasteiger partial charge in [-0.2, -0.15) is 0 Å². The average molecular weight is 824 g/mol. The number of rotatable bonds is 2. The van der Waals surface area contributed by atoms with Gasteiger partial charge in [-0.25, -0.2) is 0 Å². The molecule has 1 spiro atoms. The summed E-state index contributed by atoms with van der Waals surface area (Å²) in [5.41, 5.74) is -1.08. The van der Waals surface area contributed by atoms with Crippen LogP contribution in [-0.4, -0.2) is 78.4 Å². The van der Waals surface area contributed by atoms with Gasteiger partial charge in [0.2, 0.25) is 0 Å². The van der Waals surface area contributed by atoms with E-state index in [2.05, 4.69) is 43.7 Å². The number of ether oxygens (including phenoxy) is 1. The molecule has 10 rings (SSSR count). The second-order valence-corrected chi connectivity index (χ2v) is 22.5. The molecule has 8 aliphatic carbocycles. The third-order valence-electron chi connectivity index (χ3n) is 19.5. The average Bonchev–Trinajstić information content (AvgIpc) is 3.92. The van der Waals surface area contributed by atoms with Crippen LogP contribution in [0.4, 0.5) is 0 Å².